The minimum atomic E-state index is -0.736. The summed E-state index contributed by atoms with van der Waals surface area (Å²) in [6.07, 6.45) is 2.22. The second kappa shape index (κ2) is 12.1. The molecule has 1 aromatic rings. The summed E-state index contributed by atoms with van der Waals surface area (Å²) in [5, 5.41) is 2.88. The van der Waals surface area contributed by atoms with Gasteiger partial charge in [-0.3, -0.25) is 4.79 Å². The maximum absolute atomic E-state index is 13.2. The van der Waals surface area contributed by atoms with Crippen LogP contribution in [0.5, 0.6) is 0 Å². The average Bonchev–Trinajstić information content (AvgIpc) is 2.92. The molecular weight excluding hydrogens is 455 g/mol. The van der Waals surface area contributed by atoms with Crippen LogP contribution < -0.4 is 5.32 Å². The fraction of sp³-hybridized carbons (Fsp3) is 0.714. The number of hydrogen-bond acceptors (Lipinski definition) is 6. The predicted octanol–water partition coefficient (Wildman–Crippen LogP) is 4.76. The van der Waals surface area contributed by atoms with E-state index in [0.717, 1.165) is 13.0 Å². The average molecular weight is 503 g/mol. The Morgan fingerprint density at radius 3 is 2.14 bits per heavy atom. The van der Waals surface area contributed by atoms with Gasteiger partial charge in [-0.15, -0.1) is 0 Å². The Morgan fingerprint density at radius 2 is 1.64 bits per heavy atom. The fourth-order valence-electron chi connectivity index (χ4n) is 4.42. The van der Waals surface area contributed by atoms with E-state index in [1.54, 1.807) is 0 Å². The molecule has 0 saturated carbocycles. The van der Waals surface area contributed by atoms with Gasteiger partial charge in [-0.25, -0.2) is 4.79 Å². The van der Waals surface area contributed by atoms with Crippen molar-refractivity contribution < 1.29 is 23.6 Å². The summed E-state index contributed by atoms with van der Waals surface area (Å²) >= 11 is 0. The lowest BCUT2D eigenvalue weighted by molar-refractivity contribution is -0.160. The smallest absolute Gasteiger partial charge is 0.457 e. The van der Waals surface area contributed by atoms with Crippen molar-refractivity contribution in [3.05, 3.63) is 35.4 Å². The second-order valence-electron chi connectivity index (χ2n) is 12.3. The maximum Gasteiger partial charge on any atom is 0.457 e. The Morgan fingerprint density at radius 1 is 1.08 bits per heavy atom. The van der Waals surface area contributed by atoms with Gasteiger partial charge in [-0.2, -0.15) is 0 Å². The van der Waals surface area contributed by atoms with Gasteiger partial charge in [-0.05, 0) is 80.7 Å². The third kappa shape index (κ3) is 9.20. The number of ether oxygens (including phenoxy) is 1. The minimum Gasteiger partial charge on any atom is -0.458 e. The zero-order chi connectivity index (χ0) is 27.3. The number of nitrogens with one attached hydrogen (secondary N) is 1. The monoisotopic (exact) mass is 502 g/mol. The fourth-order valence-corrected chi connectivity index (χ4v) is 4.42. The normalized spacial score (nSPS) is 18.7. The van der Waals surface area contributed by atoms with Crippen LogP contribution in [0.25, 0.3) is 0 Å². The molecule has 1 aliphatic heterocycles. The van der Waals surface area contributed by atoms with Crippen LogP contribution in [0.1, 0.15) is 79.4 Å². The summed E-state index contributed by atoms with van der Waals surface area (Å²) < 4.78 is 18.0. The molecule has 2 rings (SSSR count). The molecule has 1 saturated heterocycles. The molecule has 0 unspecified atom stereocenters. The van der Waals surface area contributed by atoms with E-state index < -0.39 is 17.6 Å². The SMILES string of the molecule is CC(=O)N[C@H](C(=O)OC(C)(C)C)[C@H](CCCB1OC(C)(C)C(C)(C)O1)CN(C)Cc1ccc(C)cc1. The first-order valence-corrected chi connectivity index (χ1v) is 13.1. The van der Waals surface area contributed by atoms with Gasteiger partial charge in [0.15, 0.2) is 0 Å². The Bertz CT molecular complexity index is 863. The molecule has 1 fully saturated rings. The third-order valence-corrected chi connectivity index (χ3v) is 6.93. The van der Waals surface area contributed by atoms with Crippen molar-refractivity contribution in [2.75, 3.05) is 13.6 Å². The Hall–Kier alpha value is -1.90. The molecule has 1 N–H and O–H groups in total. The molecule has 0 spiro atoms. The summed E-state index contributed by atoms with van der Waals surface area (Å²) in [6, 6.07) is 7.72. The molecule has 7 nitrogen and oxygen atoms in total. The van der Waals surface area contributed by atoms with E-state index in [4.69, 9.17) is 14.0 Å². The van der Waals surface area contributed by atoms with Gasteiger partial charge in [0.2, 0.25) is 5.91 Å². The number of nitrogens with zero attached hydrogens (tertiary/aromatic N) is 1. The summed E-state index contributed by atoms with van der Waals surface area (Å²) in [4.78, 5) is 27.5. The standard InChI is InChI=1S/C28H47BN2O5/c1-20-13-15-22(16-14-20)18-31(10)19-23(24(30-21(2)32)25(33)34-26(3,4)5)12-11-17-29-35-27(6,7)28(8,9)36-29/h13-16,23-24H,11-12,17-19H2,1-10H3,(H,30,32)/t23-,24+/m1/s1. The van der Waals surface area contributed by atoms with Gasteiger partial charge in [0, 0.05) is 25.9 Å². The van der Waals surface area contributed by atoms with E-state index >= 15 is 0 Å². The van der Waals surface area contributed by atoms with Crippen molar-refractivity contribution in [3.8, 4) is 0 Å². The first-order chi connectivity index (χ1) is 16.5. The van der Waals surface area contributed by atoms with E-state index in [-0.39, 0.29) is 30.1 Å². The molecule has 1 amide bonds. The molecule has 0 aliphatic carbocycles. The Balaban J connectivity index is 2.15. The topological polar surface area (TPSA) is 77.1 Å². The van der Waals surface area contributed by atoms with E-state index in [0.29, 0.717) is 19.3 Å². The van der Waals surface area contributed by atoms with E-state index in [1.807, 2.05) is 55.5 Å². The molecule has 8 heteroatoms. The first kappa shape index (κ1) is 30.3. The van der Waals surface area contributed by atoms with Gasteiger partial charge in [0.1, 0.15) is 11.6 Å². The molecule has 0 bridgehead atoms. The Labute approximate surface area is 218 Å². The van der Waals surface area contributed by atoms with Crippen LogP contribution in [0, 0.1) is 12.8 Å². The highest BCUT2D eigenvalue weighted by molar-refractivity contribution is 6.45. The van der Waals surface area contributed by atoms with Crippen LogP contribution in [0.4, 0.5) is 0 Å². The highest BCUT2D eigenvalue weighted by Gasteiger charge is 2.50. The van der Waals surface area contributed by atoms with Crippen LogP contribution in [0.3, 0.4) is 0 Å². The Kier molecular flexibility index (Phi) is 10.2. The summed E-state index contributed by atoms with van der Waals surface area (Å²) in [6.45, 7) is 18.6. The largest absolute Gasteiger partial charge is 0.458 e. The molecule has 0 radical (unpaired) electrons. The van der Waals surface area contributed by atoms with Crippen LogP contribution in [-0.4, -0.2) is 60.3 Å². The van der Waals surface area contributed by atoms with Crippen molar-refractivity contribution in [1.29, 1.82) is 0 Å². The second-order valence-corrected chi connectivity index (χ2v) is 12.3. The number of amides is 1. The van der Waals surface area contributed by atoms with Crippen molar-refractivity contribution in [2.24, 2.45) is 5.92 Å². The summed E-state index contributed by atoms with van der Waals surface area (Å²) in [5.74, 6) is -0.785. The van der Waals surface area contributed by atoms with Crippen molar-refractivity contribution in [1.82, 2.24) is 10.2 Å². The molecule has 202 valence electrons. The van der Waals surface area contributed by atoms with E-state index in [9.17, 15) is 9.59 Å². The van der Waals surface area contributed by atoms with Crippen LogP contribution in [0.2, 0.25) is 6.32 Å². The molecular formula is C28H47BN2O5. The van der Waals surface area contributed by atoms with Crippen molar-refractivity contribution in [2.45, 2.75) is 111 Å². The third-order valence-electron chi connectivity index (χ3n) is 6.93. The van der Waals surface area contributed by atoms with Crippen LogP contribution >= 0.6 is 0 Å². The lowest BCUT2D eigenvalue weighted by atomic mass is 9.80. The quantitative estimate of drug-likeness (QED) is 0.347. The number of rotatable bonds is 11. The van der Waals surface area contributed by atoms with E-state index in [1.165, 1.54) is 18.1 Å². The van der Waals surface area contributed by atoms with Crippen LogP contribution in [-0.2, 0) is 30.2 Å². The highest BCUT2D eigenvalue weighted by Crippen LogP contribution is 2.38. The van der Waals surface area contributed by atoms with Gasteiger partial charge >= 0.3 is 13.1 Å². The zero-order valence-corrected chi connectivity index (χ0v) is 24.1. The molecule has 1 aromatic carbocycles. The first-order valence-electron chi connectivity index (χ1n) is 13.1. The number of benzene rings is 1. The number of carbonyl (C=O) groups excluding carboxylic acids is 2. The highest BCUT2D eigenvalue weighted by atomic mass is 16.7. The van der Waals surface area contributed by atoms with Crippen LogP contribution in [0.15, 0.2) is 24.3 Å². The van der Waals surface area contributed by atoms with Gasteiger partial charge in [-0.1, -0.05) is 36.2 Å². The molecule has 1 heterocycles. The van der Waals surface area contributed by atoms with Gasteiger partial charge in [0.05, 0.1) is 11.2 Å². The molecule has 0 aromatic heterocycles. The number of hydrogen-bond donors (Lipinski definition) is 1. The predicted molar refractivity (Wildman–Crippen MR) is 145 cm³/mol. The lowest BCUT2D eigenvalue weighted by Crippen LogP contribution is -2.50. The number of esters is 1. The molecule has 1 aliphatic rings. The van der Waals surface area contributed by atoms with E-state index in [2.05, 4.69) is 41.4 Å². The van der Waals surface area contributed by atoms with Crippen molar-refractivity contribution in [3.63, 3.8) is 0 Å². The lowest BCUT2D eigenvalue weighted by Gasteiger charge is -2.32. The minimum absolute atomic E-state index is 0.137. The molecule has 2 atom stereocenters. The summed E-state index contributed by atoms with van der Waals surface area (Å²) in [7, 11) is 1.75. The molecule has 36 heavy (non-hydrogen) atoms. The zero-order valence-electron chi connectivity index (χ0n) is 24.1. The summed E-state index contributed by atoms with van der Waals surface area (Å²) in [5.41, 5.74) is 1.03. The van der Waals surface area contributed by atoms with Gasteiger partial charge < -0.3 is 24.3 Å². The van der Waals surface area contributed by atoms with Gasteiger partial charge in [0.25, 0.3) is 0 Å². The number of aryl methyl sites for hydroxylation is 1. The maximum atomic E-state index is 13.2. The number of carbonyl (C=O) groups is 2. The van der Waals surface area contributed by atoms with Crippen molar-refractivity contribution >= 4 is 19.0 Å².